The second-order valence-corrected chi connectivity index (χ2v) is 7.27. The molecule has 3 rings (SSSR count). The summed E-state index contributed by atoms with van der Waals surface area (Å²) in [6, 6.07) is 13.4. The van der Waals surface area contributed by atoms with Gasteiger partial charge in [-0.2, -0.15) is 0 Å². The third-order valence-corrected chi connectivity index (χ3v) is 5.39. The normalized spacial score (nSPS) is 10.5. The molecule has 26 heavy (non-hydrogen) atoms. The fourth-order valence-electron chi connectivity index (χ4n) is 2.07. The molecule has 1 heterocycles. The molecule has 0 radical (unpaired) electrons. The first-order chi connectivity index (χ1) is 12.6. The molecule has 2 aromatic carbocycles. The summed E-state index contributed by atoms with van der Waals surface area (Å²) in [5.41, 5.74) is 0.511. The molecule has 0 bridgehead atoms. The van der Waals surface area contributed by atoms with Crippen molar-refractivity contribution in [3.05, 3.63) is 64.4 Å². The quantitative estimate of drug-likeness (QED) is 0.597. The summed E-state index contributed by atoms with van der Waals surface area (Å²) in [4.78, 5) is 13.3. The number of anilines is 1. The molecule has 0 aliphatic rings. The molecule has 0 atom stereocenters. The highest BCUT2D eigenvalue weighted by atomic mass is 32.2. The summed E-state index contributed by atoms with van der Waals surface area (Å²) < 4.78 is 18.3. The van der Waals surface area contributed by atoms with Crippen molar-refractivity contribution in [2.75, 3.05) is 11.9 Å². The van der Waals surface area contributed by atoms with Gasteiger partial charge in [-0.15, -0.1) is 22.0 Å². The summed E-state index contributed by atoms with van der Waals surface area (Å²) in [7, 11) is 0. The molecule has 8 heteroatoms. The average Bonchev–Trinajstić information content (AvgIpc) is 3.12. The van der Waals surface area contributed by atoms with E-state index in [1.54, 1.807) is 11.8 Å². The number of nitrogens with zero attached hydrogens (tertiary/aromatic N) is 2. The van der Waals surface area contributed by atoms with Crippen molar-refractivity contribution < 1.29 is 13.9 Å². The molecule has 0 saturated heterocycles. The third kappa shape index (κ3) is 5.03. The second kappa shape index (κ2) is 8.77. The Morgan fingerprint density at radius 1 is 1.15 bits per heavy atom. The van der Waals surface area contributed by atoms with Gasteiger partial charge in [0.05, 0.1) is 12.4 Å². The maximum absolute atomic E-state index is 12.9. The molecule has 0 aliphatic heterocycles. The van der Waals surface area contributed by atoms with Gasteiger partial charge in [-0.3, -0.25) is 4.79 Å². The zero-order chi connectivity index (χ0) is 18.4. The SMILES string of the molecule is CCOc1ccc(SCc2nnc(C(=O)Nc3ccc(F)cc3)s2)cc1. The van der Waals surface area contributed by atoms with E-state index < -0.39 is 0 Å². The van der Waals surface area contributed by atoms with Crippen LogP contribution in [0.1, 0.15) is 21.7 Å². The van der Waals surface area contributed by atoms with Crippen LogP contribution >= 0.6 is 23.1 Å². The molecule has 0 saturated carbocycles. The maximum Gasteiger partial charge on any atom is 0.286 e. The van der Waals surface area contributed by atoms with E-state index in [2.05, 4.69) is 15.5 Å². The van der Waals surface area contributed by atoms with E-state index in [1.165, 1.54) is 35.6 Å². The molecular formula is C18H16FN3O2S2. The van der Waals surface area contributed by atoms with E-state index in [0.717, 1.165) is 15.7 Å². The Kier molecular flexibility index (Phi) is 6.19. The first-order valence-corrected chi connectivity index (χ1v) is 9.69. The zero-order valence-electron chi connectivity index (χ0n) is 13.9. The predicted molar refractivity (Wildman–Crippen MR) is 101 cm³/mol. The molecule has 5 nitrogen and oxygen atoms in total. The molecule has 0 fully saturated rings. The van der Waals surface area contributed by atoms with Crippen molar-refractivity contribution in [2.24, 2.45) is 0 Å². The topological polar surface area (TPSA) is 64.1 Å². The lowest BCUT2D eigenvalue weighted by molar-refractivity contribution is 0.102. The molecule has 0 aliphatic carbocycles. The second-order valence-electron chi connectivity index (χ2n) is 5.16. The van der Waals surface area contributed by atoms with Gasteiger partial charge in [0.15, 0.2) is 0 Å². The highest BCUT2D eigenvalue weighted by Crippen LogP contribution is 2.26. The van der Waals surface area contributed by atoms with Crippen LogP contribution < -0.4 is 10.1 Å². The number of halogens is 1. The zero-order valence-corrected chi connectivity index (χ0v) is 15.6. The standard InChI is InChI=1S/C18H16FN3O2S2/c1-2-24-14-7-9-15(10-8-14)25-11-16-21-22-18(26-16)17(23)20-13-5-3-12(19)4-6-13/h3-10H,2,11H2,1H3,(H,20,23). The van der Waals surface area contributed by atoms with E-state index in [9.17, 15) is 9.18 Å². The summed E-state index contributed by atoms with van der Waals surface area (Å²) in [5, 5.41) is 11.7. The molecular weight excluding hydrogens is 373 g/mol. The van der Waals surface area contributed by atoms with Crippen LogP contribution in [0, 0.1) is 5.82 Å². The monoisotopic (exact) mass is 389 g/mol. The number of hydrogen-bond acceptors (Lipinski definition) is 6. The lowest BCUT2D eigenvalue weighted by atomic mass is 10.3. The van der Waals surface area contributed by atoms with Gasteiger partial charge in [0.1, 0.15) is 16.6 Å². The van der Waals surface area contributed by atoms with Crippen LogP contribution in [0.4, 0.5) is 10.1 Å². The van der Waals surface area contributed by atoms with Gasteiger partial charge in [0.25, 0.3) is 5.91 Å². The minimum Gasteiger partial charge on any atom is -0.494 e. The Morgan fingerprint density at radius 3 is 2.58 bits per heavy atom. The highest BCUT2D eigenvalue weighted by molar-refractivity contribution is 7.98. The van der Waals surface area contributed by atoms with Crippen LogP contribution in [0.2, 0.25) is 0 Å². The number of carbonyl (C=O) groups is 1. The Hall–Kier alpha value is -2.45. The van der Waals surface area contributed by atoms with Gasteiger partial charge in [-0.1, -0.05) is 11.3 Å². The van der Waals surface area contributed by atoms with E-state index in [-0.39, 0.29) is 16.7 Å². The van der Waals surface area contributed by atoms with Gasteiger partial charge < -0.3 is 10.1 Å². The number of nitrogens with one attached hydrogen (secondary N) is 1. The van der Waals surface area contributed by atoms with Crippen LogP contribution in [-0.2, 0) is 5.75 Å². The molecule has 0 spiro atoms. The fraction of sp³-hybridized carbons (Fsp3) is 0.167. The summed E-state index contributed by atoms with van der Waals surface area (Å²) in [6.45, 7) is 2.59. The van der Waals surface area contributed by atoms with Crippen LogP contribution in [0.15, 0.2) is 53.4 Å². The molecule has 3 aromatic rings. The summed E-state index contributed by atoms with van der Waals surface area (Å²) in [6.07, 6.45) is 0. The highest BCUT2D eigenvalue weighted by Gasteiger charge is 2.13. The van der Waals surface area contributed by atoms with Crippen molar-refractivity contribution in [1.82, 2.24) is 10.2 Å². The lowest BCUT2D eigenvalue weighted by Gasteiger charge is -2.03. The van der Waals surface area contributed by atoms with Crippen molar-refractivity contribution in [2.45, 2.75) is 17.6 Å². The number of ether oxygens (including phenoxy) is 1. The first-order valence-electron chi connectivity index (χ1n) is 7.89. The first kappa shape index (κ1) is 18.3. The van der Waals surface area contributed by atoms with E-state index in [4.69, 9.17) is 4.74 Å². The third-order valence-electron chi connectivity index (χ3n) is 3.26. The Labute approximate surface area is 158 Å². The van der Waals surface area contributed by atoms with Crippen LogP contribution in [0.5, 0.6) is 5.75 Å². The molecule has 1 N–H and O–H groups in total. The van der Waals surface area contributed by atoms with E-state index >= 15 is 0 Å². The minimum absolute atomic E-state index is 0.275. The maximum atomic E-state index is 12.9. The number of thioether (sulfide) groups is 1. The summed E-state index contributed by atoms with van der Waals surface area (Å²) >= 11 is 2.85. The average molecular weight is 389 g/mol. The number of aromatic nitrogens is 2. The molecule has 1 aromatic heterocycles. The van der Waals surface area contributed by atoms with Crippen LogP contribution in [0.25, 0.3) is 0 Å². The van der Waals surface area contributed by atoms with Crippen LogP contribution in [-0.4, -0.2) is 22.7 Å². The van der Waals surface area contributed by atoms with Gasteiger partial charge in [0.2, 0.25) is 5.01 Å². The minimum atomic E-state index is -0.355. The van der Waals surface area contributed by atoms with Gasteiger partial charge >= 0.3 is 0 Å². The van der Waals surface area contributed by atoms with Gasteiger partial charge in [-0.05, 0) is 55.5 Å². The van der Waals surface area contributed by atoms with E-state index in [1.807, 2.05) is 31.2 Å². The van der Waals surface area contributed by atoms with Crippen molar-refractivity contribution in [3.8, 4) is 5.75 Å². The number of benzene rings is 2. The number of amides is 1. The fourth-order valence-corrected chi connectivity index (χ4v) is 3.68. The van der Waals surface area contributed by atoms with Crippen molar-refractivity contribution in [1.29, 1.82) is 0 Å². The number of hydrogen-bond donors (Lipinski definition) is 1. The molecule has 0 unspecified atom stereocenters. The molecule has 1 amide bonds. The number of rotatable bonds is 7. The predicted octanol–water partition coefficient (Wildman–Crippen LogP) is 4.62. The van der Waals surface area contributed by atoms with E-state index in [0.29, 0.717) is 18.0 Å². The summed E-state index contributed by atoms with van der Waals surface area (Å²) in [5.74, 6) is 0.751. The van der Waals surface area contributed by atoms with Crippen molar-refractivity contribution in [3.63, 3.8) is 0 Å². The lowest BCUT2D eigenvalue weighted by Crippen LogP contribution is -2.11. The molecule has 134 valence electrons. The van der Waals surface area contributed by atoms with Crippen molar-refractivity contribution >= 4 is 34.7 Å². The Morgan fingerprint density at radius 2 is 1.88 bits per heavy atom. The van der Waals surface area contributed by atoms with Gasteiger partial charge in [0, 0.05) is 10.6 Å². The smallest absolute Gasteiger partial charge is 0.286 e. The Bertz CT molecular complexity index is 867. The number of carbonyl (C=O) groups excluding carboxylic acids is 1. The van der Waals surface area contributed by atoms with Crippen LogP contribution in [0.3, 0.4) is 0 Å². The largest absolute Gasteiger partial charge is 0.494 e. The van der Waals surface area contributed by atoms with Gasteiger partial charge in [-0.25, -0.2) is 4.39 Å². The Balaban J connectivity index is 1.55.